The number of nitrogens with one attached hydrogen (secondary N) is 1. The van der Waals surface area contributed by atoms with Crippen LogP contribution in [0.2, 0.25) is 10.0 Å². The van der Waals surface area contributed by atoms with Crippen molar-refractivity contribution in [3.63, 3.8) is 0 Å². The third kappa shape index (κ3) is 6.07. The topological polar surface area (TPSA) is 50.7 Å². The lowest BCUT2D eigenvalue weighted by atomic mass is 9.87. The number of hydrazone groups is 1. The Morgan fingerprint density at radius 1 is 1.12 bits per heavy atom. The maximum atomic E-state index is 11.8. The average molecular weight is 379 g/mol. The number of hydrogen-bond acceptors (Lipinski definition) is 3. The number of benzene rings is 2. The SMILES string of the molecule is CC(C)(C)c1ccc(OCC(=O)N/N=C/c2ccc(Cl)c(Cl)c2)cc1. The normalized spacial score (nSPS) is 11.6. The summed E-state index contributed by atoms with van der Waals surface area (Å²) in [6.45, 7) is 6.31. The minimum Gasteiger partial charge on any atom is -0.484 e. The Hall–Kier alpha value is -2.04. The van der Waals surface area contributed by atoms with Gasteiger partial charge in [-0.05, 0) is 40.8 Å². The first-order valence-corrected chi connectivity index (χ1v) is 8.51. The maximum Gasteiger partial charge on any atom is 0.277 e. The van der Waals surface area contributed by atoms with E-state index in [1.54, 1.807) is 18.2 Å². The molecule has 0 aliphatic carbocycles. The molecule has 0 saturated carbocycles. The molecule has 2 aromatic rings. The molecule has 2 rings (SSSR count). The second-order valence-corrected chi connectivity index (χ2v) is 7.34. The van der Waals surface area contributed by atoms with Crippen LogP contribution in [-0.4, -0.2) is 18.7 Å². The zero-order chi connectivity index (χ0) is 18.4. The van der Waals surface area contributed by atoms with Crippen molar-refractivity contribution in [2.75, 3.05) is 6.61 Å². The zero-order valence-electron chi connectivity index (χ0n) is 14.3. The molecule has 0 aromatic heterocycles. The van der Waals surface area contributed by atoms with E-state index in [1.807, 2.05) is 24.3 Å². The first-order chi connectivity index (χ1) is 11.8. The lowest BCUT2D eigenvalue weighted by Crippen LogP contribution is -2.24. The third-order valence-corrected chi connectivity index (χ3v) is 4.18. The monoisotopic (exact) mass is 378 g/mol. The Bertz CT molecular complexity index is 766. The van der Waals surface area contributed by atoms with Gasteiger partial charge in [0, 0.05) is 0 Å². The van der Waals surface area contributed by atoms with Gasteiger partial charge >= 0.3 is 0 Å². The molecular weight excluding hydrogens is 359 g/mol. The van der Waals surface area contributed by atoms with Crippen molar-refractivity contribution in [2.24, 2.45) is 5.10 Å². The number of amides is 1. The standard InChI is InChI=1S/C19H20Cl2N2O2/c1-19(2,3)14-5-7-15(8-6-14)25-12-18(24)23-22-11-13-4-9-16(20)17(21)10-13/h4-11H,12H2,1-3H3,(H,23,24)/b22-11+. The number of ether oxygens (including phenoxy) is 1. The molecule has 0 aliphatic rings. The first-order valence-electron chi connectivity index (χ1n) is 7.76. The number of carbonyl (C=O) groups is 1. The van der Waals surface area contributed by atoms with Crippen molar-refractivity contribution < 1.29 is 9.53 Å². The van der Waals surface area contributed by atoms with Crippen molar-refractivity contribution in [1.29, 1.82) is 0 Å². The van der Waals surface area contributed by atoms with Crippen LogP contribution in [0.25, 0.3) is 0 Å². The van der Waals surface area contributed by atoms with E-state index in [0.29, 0.717) is 15.8 Å². The Kier molecular flexibility index (Phi) is 6.45. The Morgan fingerprint density at radius 2 is 1.80 bits per heavy atom. The molecule has 0 fully saturated rings. The molecule has 132 valence electrons. The molecule has 1 N–H and O–H groups in total. The zero-order valence-corrected chi connectivity index (χ0v) is 15.9. The fourth-order valence-corrected chi connectivity index (χ4v) is 2.31. The van der Waals surface area contributed by atoms with E-state index in [9.17, 15) is 4.79 Å². The van der Waals surface area contributed by atoms with E-state index in [-0.39, 0.29) is 17.9 Å². The quantitative estimate of drug-likeness (QED) is 0.598. The summed E-state index contributed by atoms with van der Waals surface area (Å²) in [6, 6.07) is 12.8. The fraction of sp³-hybridized carbons (Fsp3) is 0.263. The maximum absolute atomic E-state index is 11.8. The van der Waals surface area contributed by atoms with Gasteiger partial charge in [0.05, 0.1) is 16.3 Å². The lowest BCUT2D eigenvalue weighted by Gasteiger charge is -2.19. The van der Waals surface area contributed by atoms with Crippen LogP contribution in [0, 0.1) is 0 Å². The van der Waals surface area contributed by atoms with Gasteiger partial charge in [-0.1, -0.05) is 62.2 Å². The van der Waals surface area contributed by atoms with Gasteiger partial charge in [-0.3, -0.25) is 4.79 Å². The second-order valence-electron chi connectivity index (χ2n) is 6.53. The number of nitrogens with zero attached hydrogens (tertiary/aromatic N) is 1. The smallest absolute Gasteiger partial charge is 0.277 e. The number of hydrogen-bond donors (Lipinski definition) is 1. The summed E-state index contributed by atoms with van der Waals surface area (Å²) in [5.74, 6) is 0.285. The summed E-state index contributed by atoms with van der Waals surface area (Å²) < 4.78 is 5.45. The lowest BCUT2D eigenvalue weighted by molar-refractivity contribution is -0.123. The highest BCUT2D eigenvalue weighted by Crippen LogP contribution is 2.24. The molecule has 4 nitrogen and oxygen atoms in total. The van der Waals surface area contributed by atoms with Crippen molar-refractivity contribution in [3.8, 4) is 5.75 Å². The van der Waals surface area contributed by atoms with Crippen molar-refractivity contribution in [1.82, 2.24) is 5.43 Å². The van der Waals surface area contributed by atoms with Crippen LogP contribution >= 0.6 is 23.2 Å². The van der Waals surface area contributed by atoms with Gasteiger partial charge in [0.25, 0.3) is 5.91 Å². The van der Waals surface area contributed by atoms with Crippen LogP contribution in [0.15, 0.2) is 47.6 Å². The van der Waals surface area contributed by atoms with E-state index in [0.717, 1.165) is 5.56 Å². The van der Waals surface area contributed by atoms with Gasteiger partial charge in [0.1, 0.15) is 5.75 Å². The summed E-state index contributed by atoms with van der Waals surface area (Å²) in [7, 11) is 0. The van der Waals surface area contributed by atoms with Crippen molar-refractivity contribution >= 4 is 35.3 Å². The third-order valence-electron chi connectivity index (χ3n) is 3.44. The van der Waals surface area contributed by atoms with Crippen LogP contribution in [0.5, 0.6) is 5.75 Å². The van der Waals surface area contributed by atoms with Gasteiger partial charge in [-0.15, -0.1) is 0 Å². The molecule has 0 atom stereocenters. The highest BCUT2D eigenvalue weighted by molar-refractivity contribution is 6.42. The van der Waals surface area contributed by atoms with Crippen LogP contribution in [0.3, 0.4) is 0 Å². The predicted octanol–water partition coefficient (Wildman–Crippen LogP) is 4.82. The largest absolute Gasteiger partial charge is 0.484 e. The van der Waals surface area contributed by atoms with E-state index in [4.69, 9.17) is 27.9 Å². The highest BCUT2D eigenvalue weighted by atomic mass is 35.5. The molecule has 0 saturated heterocycles. The fourth-order valence-electron chi connectivity index (χ4n) is 2.00. The highest BCUT2D eigenvalue weighted by Gasteiger charge is 2.13. The van der Waals surface area contributed by atoms with E-state index in [1.165, 1.54) is 11.8 Å². The molecular formula is C19H20Cl2N2O2. The predicted molar refractivity (Wildman–Crippen MR) is 103 cm³/mol. The Labute approximate surface area is 157 Å². The molecule has 0 unspecified atom stereocenters. The van der Waals surface area contributed by atoms with Crippen LogP contribution in [0.1, 0.15) is 31.9 Å². The second kappa shape index (κ2) is 8.37. The molecule has 0 aliphatic heterocycles. The number of rotatable bonds is 5. The van der Waals surface area contributed by atoms with Gasteiger partial charge in [0.2, 0.25) is 0 Å². The molecule has 0 bridgehead atoms. The van der Waals surface area contributed by atoms with Crippen molar-refractivity contribution in [2.45, 2.75) is 26.2 Å². The summed E-state index contributed by atoms with van der Waals surface area (Å²) in [6.07, 6.45) is 1.48. The van der Waals surface area contributed by atoms with E-state index < -0.39 is 0 Å². The molecule has 0 spiro atoms. The summed E-state index contributed by atoms with van der Waals surface area (Å²) in [5, 5.41) is 4.76. The summed E-state index contributed by atoms with van der Waals surface area (Å²) in [5.41, 5.74) is 4.41. The molecule has 0 heterocycles. The van der Waals surface area contributed by atoms with E-state index in [2.05, 4.69) is 31.3 Å². The van der Waals surface area contributed by atoms with Crippen LogP contribution < -0.4 is 10.2 Å². The van der Waals surface area contributed by atoms with Gasteiger partial charge in [-0.2, -0.15) is 5.10 Å². The number of halogens is 2. The van der Waals surface area contributed by atoms with Crippen molar-refractivity contribution in [3.05, 3.63) is 63.6 Å². The Morgan fingerprint density at radius 3 is 2.40 bits per heavy atom. The average Bonchev–Trinajstić information content (AvgIpc) is 2.56. The molecule has 25 heavy (non-hydrogen) atoms. The summed E-state index contributed by atoms with van der Waals surface area (Å²) >= 11 is 11.7. The summed E-state index contributed by atoms with van der Waals surface area (Å²) in [4.78, 5) is 11.8. The van der Waals surface area contributed by atoms with Crippen LogP contribution in [0.4, 0.5) is 0 Å². The Balaban J connectivity index is 1.82. The molecule has 6 heteroatoms. The first kappa shape index (κ1) is 19.3. The minimum absolute atomic E-state index is 0.0786. The molecule has 1 amide bonds. The molecule has 0 radical (unpaired) electrons. The minimum atomic E-state index is -0.351. The van der Waals surface area contributed by atoms with Crippen LogP contribution in [-0.2, 0) is 10.2 Å². The number of carbonyl (C=O) groups excluding carboxylic acids is 1. The van der Waals surface area contributed by atoms with Gasteiger partial charge < -0.3 is 4.74 Å². The van der Waals surface area contributed by atoms with Gasteiger partial charge in [0.15, 0.2) is 6.61 Å². The molecule has 2 aromatic carbocycles. The van der Waals surface area contributed by atoms with E-state index >= 15 is 0 Å². The van der Waals surface area contributed by atoms with Gasteiger partial charge in [-0.25, -0.2) is 5.43 Å².